The van der Waals surface area contributed by atoms with Crippen LogP contribution in [0.4, 0.5) is 11.4 Å². The molecule has 0 aromatic heterocycles. The number of nitrogens with zero attached hydrogens (tertiary/aromatic N) is 1. The molecule has 1 aromatic rings. The maximum absolute atomic E-state index is 10.4. The van der Waals surface area contributed by atoms with Gasteiger partial charge < -0.3 is 5.32 Å². The van der Waals surface area contributed by atoms with E-state index < -0.39 is 0 Å². The third-order valence-corrected chi connectivity index (χ3v) is 2.01. The van der Waals surface area contributed by atoms with Crippen LogP contribution in [0.2, 0.25) is 0 Å². The van der Waals surface area contributed by atoms with E-state index in [1.165, 1.54) is 6.07 Å². The number of nitrogens with one attached hydrogen (secondary N) is 1. The quantitative estimate of drug-likeness (QED) is 0.532. The first-order chi connectivity index (χ1) is 5.77. The summed E-state index contributed by atoms with van der Waals surface area (Å²) in [5.41, 5.74) is 2.25. The van der Waals surface area contributed by atoms with E-state index in [9.17, 15) is 10.1 Å². The zero-order chi connectivity index (χ0) is 8.55. The Morgan fingerprint density at radius 2 is 2.23 bits per heavy atom. The van der Waals surface area contributed by atoms with Gasteiger partial charge in [-0.1, -0.05) is 7.43 Å². The molecule has 1 aliphatic rings. The van der Waals surface area contributed by atoms with E-state index in [4.69, 9.17) is 0 Å². The molecule has 0 saturated heterocycles. The second kappa shape index (κ2) is 3.43. The number of nitro benzene ring substituents is 1. The van der Waals surface area contributed by atoms with Gasteiger partial charge in [-0.25, -0.2) is 0 Å². The fraction of sp³-hybridized carbons (Fsp3) is 0.333. The Balaban J connectivity index is 0.000000845. The van der Waals surface area contributed by atoms with Gasteiger partial charge in [0.05, 0.1) is 4.92 Å². The van der Waals surface area contributed by atoms with Crippen molar-refractivity contribution in [2.45, 2.75) is 13.8 Å². The van der Waals surface area contributed by atoms with Crippen molar-refractivity contribution in [2.75, 3.05) is 11.9 Å². The van der Waals surface area contributed by atoms with Crippen molar-refractivity contribution in [3.63, 3.8) is 0 Å². The summed E-state index contributed by atoms with van der Waals surface area (Å²) in [7, 11) is 0. The van der Waals surface area contributed by atoms with Crippen molar-refractivity contribution in [1.29, 1.82) is 0 Å². The van der Waals surface area contributed by atoms with Gasteiger partial charge in [0.25, 0.3) is 5.69 Å². The Labute approximate surface area is 76.7 Å². The van der Waals surface area contributed by atoms with Crippen LogP contribution in [-0.4, -0.2) is 11.5 Å². The zero-order valence-corrected chi connectivity index (χ0v) is 6.41. The minimum atomic E-state index is -0.362. The molecule has 1 N–H and O–H groups in total. The number of non-ortho nitro benzene ring substituents is 1. The van der Waals surface area contributed by atoms with Gasteiger partial charge in [0.15, 0.2) is 0 Å². The van der Waals surface area contributed by atoms with Gasteiger partial charge in [-0.3, -0.25) is 10.1 Å². The third kappa shape index (κ3) is 1.61. The summed E-state index contributed by atoms with van der Waals surface area (Å²) in [4.78, 5) is 10.0. The highest BCUT2D eigenvalue weighted by Gasteiger charge is 2.13. The molecule has 0 radical (unpaired) electrons. The molecule has 1 aliphatic heterocycles. The minimum Gasteiger partial charge on any atom is -0.384 e. The molecule has 4 nitrogen and oxygen atoms in total. The average Bonchev–Trinajstić information content (AvgIpc) is 2.49. The van der Waals surface area contributed by atoms with Crippen LogP contribution in [-0.2, 0) is 6.42 Å². The Hall–Kier alpha value is -1.58. The first kappa shape index (κ1) is 9.51. The summed E-state index contributed by atoms with van der Waals surface area (Å²) >= 11 is 0. The topological polar surface area (TPSA) is 55.2 Å². The third-order valence-electron chi connectivity index (χ3n) is 2.01. The Bertz CT molecular complexity index is 336. The molecule has 4 heteroatoms. The van der Waals surface area contributed by atoms with Crippen LogP contribution in [0.3, 0.4) is 0 Å². The van der Waals surface area contributed by atoms with Crippen LogP contribution < -0.4 is 5.32 Å². The van der Waals surface area contributed by atoms with Gasteiger partial charge in [0.2, 0.25) is 0 Å². The molecule has 0 amide bonds. The molecule has 1 heterocycles. The summed E-state index contributed by atoms with van der Waals surface area (Å²) in [6.07, 6.45) is 0.886. The normalized spacial score (nSPS) is 12.6. The second-order valence-electron chi connectivity index (χ2n) is 2.78. The van der Waals surface area contributed by atoms with E-state index in [-0.39, 0.29) is 18.0 Å². The molecule has 0 atom stereocenters. The van der Waals surface area contributed by atoms with E-state index in [1.54, 1.807) is 12.1 Å². The van der Waals surface area contributed by atoms with Gasteiger partial charge in [-0.15, -0.1) is 0 Å². The van der Waals surface area contributed by atoms with Crippen molar-refractivity contribution in [2.24, 2.45) is 0 Å². The fourth-order valence-corrected chi connectivity index (χ4v) is 1.40. The highest BCUT2D eigenvalue weighted by molar-refractivity contribution is 5.59. The van der Waals surface area contributed by atoms with Crippen LogP contribution in [0.25, 0.3) is 0 Å². The predicted molar refractivity (Wildman–Crippen MR) is 52.0 cm³/mol. The summed E-state index contributed by atoms with van der Waals surface area (Å²) in [6.45, 7) is 0.885. The highest BCUT2D eigenvalue weighted by atomic mass is 16.6. The van der Waals surface area contributed by atoms with Crippen molar-refractivity contribution in [3.8, 4) is 0 Å². The Kier molecular flexibility index (Phi) is 2.51. The van der Waals surface area contributed by atoms with Crippen LogP contribution in [0.5, 0.6) is 0 Å². The lowest BCUT2D eigenvalue weighted by molar-refractivity contribution is -0.384. The van der Waals surface area contributed by atoms with Crippen molar-refractivity contribution >= 4 is 11.4 Å². The number of fused-ring (bicyclic) bond motifs is 1. The average molecular weight is 180 g/mol. The van der Waals surface area contributed by atoms with Gasteiger partial charge in [0, 0.05) is 24.4 Å². The lowest BCUT2D eigenvalue weighted by Crippen LogP contribution is -1.90. The van der Waals surface area contributed by atoms with Crippen LogP contribution in [0, 0.1) is 10.1 Å². The number of nitro groups is 1. The van der Waals surface area contributed by atoms with Crippen LogP contribution in [0.15, 0.2) is 18.2 Å². The predicted octanol–water partition coefficient (Wildman–Crippen LogP) is 2.20. The molecule has 1 aromatic carbocycles. The molecule has 0 spiro atoms. The SMILES string of the molecule is C.O=[N+]([O-])c1ccc2c(c1)CCN2. The molecule has 0 bridgehead atoms. The van der Waals surface area contributed by atoms with Crippen LogP contribution in [0.1, 0.15) is 13.0 Å². The highest BCUT2D eigenvalue weighted by Crippen LogP contribution is 2.25. The standard InChI is InChI=1S/C8H8N2O2.CH4/c11-10(12)7-1-2-8-6(5-7)3-4-9-8;/h1-2,5,9H,3-4H2;1H4. The van der Waals surface area contributed by atoms with E-state index in [1.807, 2.05) is 0 Å². The molecule has 0 aliphatic carbocycles. The lowest BCUT2D eigenvalue weighted by Gasteiger charge is -1.97. The van der Waals surface area contributed by atoms with E-state index in [2.05, 4.69) is 5.32 Å². The number of benzene rings is 1. The first-order valence-electron chi connectivity index (χ1n) is 3.78. The molecule has 0 unspecified atom stereocenters. The van der Waals surface area contributed by atoms with E-state index in [0.29, 0.717) is 0 Å². The first-order valence-corrected chi connectivity index (χ1v) is 3.78. The Morgan fingerprint density at radius 1 is 1.46 bits per heavy atom. The maximum Gasteiger partial charge on any atom is 0.269 e. The number of hydrogen-bond donors (Lipinski definition) is 1. The molecule has 13 heavy (non-hydrogen) atoms. The molecular formula is C9H12N2O2. The van der Waals surface area contributed by atoms with Gasteiger partial charge in [-0.05, 0) is 18.1 Å². The number of anilines is 1. The number of rotatable bonds is 1. The lowest BCUT2D eigenvalue weighted by atomic mass is 10.1. The fourth-order valence-electron chi connectivity index (χ4n) is 1.40. The second-order valence-corrected chi connectivity index (χ2v) is 2.78. The maximum atomic E-state index is 10.4. The van der Waals surface area contributed by atoms with Crippen molar-refractivity contribution < 1.29 is 4.92 Å². The molecule has 70 valence electrons. The van der Waals surface area contributed by atoms with Crippen LogP contribution >= 0.6 is 0 Å². The zero-order valence-electron chi connectivity index (χ0n) is 6.41. The van der Waals surface area contributed by atoms with E-state index in [0.717, 1.165) is 24.2 Å². The van der Waals surface area contributed by atoms with Gasteiger partial charge >= 0.3 is 0 Å². The smallest absolute Gasteiger partial charge is 0.269 e. The number of hydrogen-bond acceptors (Lipinski definition) is 3. The summed E-state index contributed by atoms with van der Waals surface area (Å²) in [6, 6.07) is 4.92. The monoisotopic (exact) mass is 180 g/mol. The molecule has 2 rings (SSSR count). The van der Waals surface area contributed by atoms with Gasteiger partial charge in [0.1, 0.15) is 0 Å². The van der Waals surface area contributed by atoms with Crippen molar-refractivity contribution in [3.05, 3.63) is 33.9 Å². The Morgan fingerprint density at radius 3 is 2.92 bits per heavy atom. The van der Waals surface area contributed by atoms with Gasteiger partial charge in [-0.2, -0.15) is 0 Å². The van der Waals surface area contributed by atoms with E-state index >= 15 is 0 Å². The largest absolute Gasteiger partial charge is 0.384 e. The van der Waals surface area contributed by atoms with Crippen molar-refractivity contribution in [1.82, 2.24) is 0 Å². The molecule has 0 saturated carbocycles. The summed E-state index contributed by atoms with van der Waals surface area (Å²) in [5.74, 6) is 0. The molecular weight excluding hydrogens is 168 g/mol. The summed E-state index contributed by atoms with van der Waals surface area (Å²) in [5, 5.41) is 13.5. The summed E-state index contributed by atoms with van der Waals surface area (Å²) < 4.78 is 0. The minimum absolute atomic E-state index is 0. The molecule has 0 fully saturated rings.